The fourth-order valence-corrected chi connectivity index (χ4v) is 5.09. The maximum absolute atomic E-state index is 12.4. The molecule has 3 heterocycles. The van der Waals surface area contributed by atoms with E-state index in [0.29, 0.717) is 13.1 Å². The zero-order valence-corrected chi connectivity index (χ0v) is 19.0. The lowest BCUT2D eigenvalue weighted by Crippen LogP contribution is -2.49. The summed E-state index contributed by atoms with van der Waals surface area (Å²) >= 11 is 2.83. The van der Waals surface area contributed by atoms with Gasteiger partial charge in [-0.15, -0.1) is 11.3 Å². The Labute approximate surface area is 189 Å². The van der Waals surface area contributed by atoms with E-state index in [0.717, 1.165) is 34.9 Å². The van der Waals surface area contributed by atoms with Crippen molar-refractivity contribution in [2.45, 2.75) is 18.5 Å². The number of piperazine rings is 1. The largest absolute Gasteiger partial charge is 0.455 e. The Morgan fingerprint density at radius 2 is 2.00 bits per heavy atom. The number of fused-ring (bicyclic) bond motifs is 1. The summed E-state index contributed by atoms with van der Waals surface area (Å²) in [5.74, 6) is -0.450. The topological polar surface area (TPSA) is 75.6 Å². The Kier molecular flexibility index (Phi) is 7.16. The van der Waals surface area contributed by atoms with Crippen LogP contribution in [0.2, 0.25) is 0 Å². The molecule has 1 aromatic carbocycles. The average molecular weight is 457 g/mol. The zero-order valence-electron chi connectivity index (χ0n) is 17.3. The van der Waals surface area contributed by atoms with Gasteiger partial charge in [0, 0.05) is 38.1 Å². The lowest BCUT2D eigenvalue weighted by Gasteiger charge is -2.34. The normalized spacial score (nSPS) is 14.7. The van der Waals surface area contributed by atoms with Crippen LogP contribution in [-0.4, -0.2) is 70.2 Å². The van der Waals surface area contributed by atoms with Crippen LogP contribution in [-0.2, 0) is 20.9 Å². The minimum absolute atomic E-state index is 0.111. The summed E-state index contributed by atoms with van der Waals surface area (Å²) in [6, 6.07) is 10.4. The molecule has 4 rings (SSSR count). The van der Waals surface area contributed by atoms with Crippen molar-refractivity contribution >= 4 is 45.2 Å². The fourth-order valence-electron chi connectivity index (χ4n) is 3.51. The Hall–Kier alpha value is -2.49. The second kappa shape index (κ2) is 10.2. The SMILES string of the molecule is Cc1cccc(CN2CCN(C(=O)COC(=O)CSc3ncnc4sccc34)CC2)c1. The maximum Gasteiger partial charge on any atom is 0.316 e. The third kappa shape index (κ3) is 5.81. The summed E-state index contributed by atoms with van der Waals surface area (Å²) in [4.78, 5) is 38.0. The first-order chi connectivity index (χ1) is 15.1. The number of rotatable bonds is 7. The number of hydrogen-bond acceptors (Lipinski definition) is 8. The molecule has 31 heavy (non-hydrogen) atoms. The van der Waals surface area contributed by atoms with E-state index in [2.05, 4.69) is 46.1 Å². The molecule has 1 fully saturated rings. The van der Waals surface area contributed by atoms with E-state index in [1.54, 1.807) is 4.90 Å². The molecule has 0 unspecified atom stereocenters. The van der Waals surface area contributed by atoms with Crippen molar-refractivity contribution in [3.05, 3.63) is 53.2 Å². The second-order valence-electron chi connectivity index (χ2n) is 7.41. The van der Waals surface area contributed by atoms with Crippen LogP contribution >= 0.6 is 23.1 Å². The van der Waals surface area contributed by atoms with Gasteiger partial charge in [0.1, 0.15) is 16.2 Å². The average Bonchev–Trinajstić information content (AvgIpc) is 3.26. The number of amides is 1. The van der Waals surface area contributed by atoms with Crippen molar-refractivity contribution in [3.63, 3.8) is 0 Å². The van der Waals surface area contributed by atoms with Crippen molar-refractivity contribution < 1.29 is 14.3 Å². The second-order valence-corrected chi connectivity index (χ2v) is 9.27. The first-order valence-corrected chi connectivity index (χ1v) is 12.0. The van der Waals surface area contributed by atoms with E-state index in [4.69, 9.17) is 4.74 Å². The molecule has 1 amide bonds. The van der Waals surface area contributed by atoms with Crippen molar-refractivity contribution in [1.82, 2.24) is 19.8 Å². The predicted molar refractivity (Wildman–Crippen MR) is 122 cm³/mol. The van der Waals surface area contributed by atoms with Gasteiger partial charge in [0.25, 0.3) is 5.91 Å². The molecule has 1 aliphatic rings. The van der Waals surface area contributed by atoms with Crippen molar-refractivity contribution in [2.24, 2.45) is 0 Å². The van der Waals surface area contributed by atoms with Crippen LogP contribution in [0.1, 0.15) is 11.1 Å². The minimum atomic E-state index is -0.418. The van der Waals surface area contributed by atoms with Crippen molar-refractivity contribution in [2.75, 3.05) is 38.5 Å². The van der Waals surface area contributed by atoms with Gasteiger partial charge in [-0.1, -0.05) is 41.6 Å². The number of thioether (sulfide) groups is 1. The van der Waals surface area contributed by atoms with Crippen molar-refractivity contribution in [1.29, 1.82) is 0 Å². The molecule has 162 valence electrons. The molecule has 0 aliphatic carbocycles. The fraction of sp³-hybridized carbons (Fsp3) is 0.364. The Morgan fingerprint density at radius 3 is 2.81 bits per heavy atom. The van der Waals surface area contributed by atoms with Crippen LogP contribution in [0.5, 0.6) is 0 Å². The number of thiophene rings is 1. The highest BCUT2D eigenvalue weighted by atomic mass is 32.2. The van der Waals surface area contributed by atoms with Gasteiger partial charge in [-0.2, -0.15) is 0 Å². The molecule has 0 atom stereocenters. The molecular weight excluding hydrogens is 432 g/mol. The number of aryl methyl sites for hydroxylation is 1. The highest BCUT2D eigenvalue weighted by molar-refractivity contribution is 8.00. The lowest BCUT2D eigenvalue weighted by atomic mass is 10.1. The zero-order chi connectivity index (χ0) is 21.6. The first kappa shape index (κ1) is 21.7. The number of esters is 1. The van der Waals surface area contributed by atoms with Crippen LogP contribution in [0, 0.1) is 6.92 Å². The monoisotopic (exact) mass is 456 g/mol. The standard InChI is InChI=1S/C22H24N4O3S2/c1-16-3-2-4-17(11-16)12-25-6-8-26(9-7-25)19(27)13-29-20(28)14-31-22-18-5-10-30-21(18)23-15-24-22/h2-5,10-11,15H,6-9,12-14H2,1H3. The molecule has 0 spiro atoms. The van der Waals surface area contributed by atoms with Gasteiger partial charge < -0.3 is 9.64 Å². The molecule has 1 saturated heterocycles. The molecule has 1 aliphatic heterocycles. The van der Waals surface area contributed by atoms with Gasteiger partial charge in [-0.3, -0.25) is 14.5 Å². The van der Waals surface area contributed by atoms with Gasteiger partial charge >= 0.3 is 5.97 Å². The molecular formula is C22H24N4O3S2. The van der Waals surface area contributed by atoms with Crippen LogP contribution in [0.3, 0.4) is 0 Å². The molecule has 0 bridgehead atoms. The number of carbonyl (C=O) groups excluding carboxylic acids is 2. The number of aromatic nitrogens is 2. The predicted octanol–water partition coefficient (Wildman–Crippen LogP) is 2.98. The molecule has 9 heteroatoms. The number of nitrogens with zero attached hydrogens (tertiary/aromatic N) is 4. The quantitative estimate of drug-likeness (QED) is 0.307. The van der Waals surface area contributed by atoms with Crippen molar-refractivity contribution in [3.8, 4) is 0 Å². The third-order valence-corrected chi connectivity index (χ3v) is 6.92. The summed E-state index contributed by atoms with van der Waals surface area (Å²) in [6.07, 6.45) is 1.49. The van der Waals surface area contributed by atoms with Crippen LogP contribution < -0.4 is 0 Å². The van der Waals surface area contributed by atoms with Gasteiger partial charge in [0.05, 0.1) is 5.75 Å². The number of carbonyl (C=O) groups is 2. The number of benzene rings is 1. The third-order valence-electron chi connectivity index (χ3n) is 5.12. The van der Waals surface area contributed by atoms with Crippen LogP contribution in [0.4, 0.5) is 0 Å². The summed E-state index contributed by atoms with van der Waals surface area (Å²) in [5.41, 5.74) is 2.54. The number of ether oxygens (including phenoxy) is 1. The molecule has 0 radical (unpaired) electrons. The van der Waals surface area contributed by atoms with Gasteiger partial charge in [-0.25, -0.2) is 9.97 Å². The van der Waals surface area contributed by atoms with Crippen LogP contribution in [0.25, 0.3) is 10.2 Å². The van der Waals surface area contributed by atoms with Crippen LogP contribution in [0.15, 0.2) is 47.1 Å². The minimum Gasteiger partial charge on any atom is -0.455 e. The van der Waals surface area contributed by atoms with E-state index in [9.17, 15) is 9.59 Å². The van der Waals surface area contributed by atoms with Gasteiger partial charge in [0.15, 0.2) is 6.61 Å². The smallest absolute Gasteiger partial charge is 0.316 e. The molecule has 0 N–H and O–H groups in total. The van der Waals surface area contributed by atoms with E-state index in [1.165, 1.54) is 40.6 Å². The number of hydrogen-bond donors (Lipinski definition) is 0. The Balaban J connectivity index is 1.18. The molecule has 7 nitrogen and oxygen atoms in total. The molecule has 3 aromatic rings. The first-order valence-electron chi connectivity index (χ1n) is 10.1. The summed E-state index contributed by atoms with van der Waals surface area (Å²) in [7, 11) is 0. The lowest BCUT2D eigenvalue weighted by molar-refractivity contribution is -0.150. The summed E-state index contributed by atoms with van der Waals surface area (Å²) < 4.78 is 5.20. The highest BCUT2D eigenvalue weighted by Crippen LogP contribution is 2.27. The Morgan fingerprint density at radius 1 is 1.16 bits per heavy atom. The molecule has 2 aromatic heterocycles. The van der Waals surface area contributed by atoms with E-state index >= 15 is 0 Å². The van der Waals surface area contributed by atoms with E-state index in [-0.39, 0.29) is 18.3 Å². The summed E-state index contributed by atoms with van der Waals surface area (Å²) in [5, 5.41) is 3.63. The van der Waals surface area contributed by atoms with Gasteiger partial charge in [0.2, 0.25) is 0 Å². The Bertz CT molecular complexity index is 1060. The van der Waals surface area contributed by atoms with E-state index < -0.39 is 5.97 Å². The summed E-state index contributed by atoms with van der Waals surface area (Å²) in [6.45, 7) is 5.69. The van der Waals surface area contributed by atoms with E-state index in [1.807, 2.05) is 11.4 Å². The van der Waals surface area contributed by atoms with Gasteiger partial charge in [-0.05, 0) is 23.9 Å². The maximum atomic E-state index is 12.4. The molecule has 0 saturated carbocycles. The highest BCUT2D eigenvalue weighted by Gasteiger charge is 2.22.